The Morgan fingerprint density at radius 2 is 1.90 bits per heavy atom. The SMILES string of the molecule is COc1cc(O)ccc1[C@H](N1CCNCC1)C(F)(F)F.Cl. The summed E-state index contributed by atoms with van der Waals surface area (Å²) >= 11 is 0. The molecule has 8 heteroatoms. The molecule has 1 aromatic carbocycles. The van der Waals surface area contributed by atoms with Gasteiger partial charge in [-0.2, -0.15) is 13.2 Å². The molecule has 1 atom stereocenters. The first-order valence-electron chi connectivity index (χ1n) is 6.32. The molecule has 0 spiro atoms. The minimum atomic E-state index is -4.40. The molecule has 1 aliphatic heterocycles. The molecule has 2 N–H and O–H groups in total. The van der Waals surface area contributed by atoms with Crippen LogP contribution in [0.2, 0.25) is 0 Å². The van der Waals surface area contributed by atoms with Crippen molar-refractivity contribution in [3.63, 3.8) is 0 Å². The van der Waals surface area contributed by atoms with E-state index < -0.39 is 12.2 Å². The molecule has 1 fully saturated rings. The molecule has 0 unspecified atom stereocenters. The molecule has 0 aliphatic carbocycles. The van der Waals surface area contributed by atoms with Crippen molar-refractivity contribution in [2.24, 2.45) is 0 Å². The van der Waals surface area contributed by atoms with Crippen molar-refractivity contribution in [2.75, 3.05) is 33.3 Å². The molecule has 0 amide bonds. The number of nitrogens with one attached hydrogen (secondary N) is 1. The third-order valence-corrected chi connectivity index (χ3v) is 3.34. The van der Waals surface area contributed by atoms with Gasteiger partial charge >= 0.3 is 6.18 Å². The average molecular weight is 327 g/mol. The quantitative estimate of drug-likeness (QED) is 0.895. The molecule has 0 bridgehead atoms. The first-order valence-corrected chi connectivity index (χ1v) is 6.32. The lowest BCUT2D eigenvalue weighted by molar-refractivity contribution is -0.188. The van der Waals surface area contributed by atoms with Gasteiger partial charge in [-0.25, -0.2) is 0 Å². The molecule has 21 heavy (non-hydrogen) atoms. The lowest BCUT2D eigenvalue weighted by Crippen LogP contribution is -2.49. The van der Waals surface area contributed by atoms with Gasteiger partial charge in [0.25, 0.3) is 0 Å². The number of hydrogen-bond acceptors (Lipinski definition) is 4. The summed E-state index contributed by atoms with van der Waals surface area (Å²) in [5.74, 6) is -0.0716. The second-order valence-corrected chi connectivity index (χ2v) is 4.66. The summed E-state index contributed by atoms with van der Waals surface area (Å²) in [7, 11) is 1.30. The number of phenolic OH excluding ortho intramolecular Hbond substituents is 1. The Balaban J connectivity index is 0.00000220. The smallest absolute Gasteiger partial charge is 0.408 e. The number of nitrogens with zero attached hydrogens (tertiary/aromatic N) is 1. The van der Waals surface area contributed by atoms with Gasteiger partial charge < -0.3 is 15.2 Å². The highest BCUT2D eigenvalue weighted by Crippen LogP contribution is 2.42. The minimum Gasteiger partial charge on any atom is -0.508 e. The van der Waals surface area contributed by atoms with Gasteiger partial charge in [-0.3, -0.25) is 4.90 Å². The Morgan fingerprint density at radius 3 is 2.43 bits per heavy atom. The van der Waals surface area contributed by atoms with E-state index in [2.05, 4.69) is 5.32 Å². The zero-order valence-corrected chi connectivity index (χ0v) is 12.3. The Hall–Kier alpha value is -1.18. The van der Waals surface area contributed by atoms with Crippen molar-refractivity contribution in [1.82, 2.24) is 10.2 Å². The van der Waals surface area contributed by atoms with Crippen LogP contribution in [0.25, 0.3) is 0 Å². The van der Waals surface area contributed by atoms with E-state index in [1.165, 1.54) is 30.2 Å². The number of phenols is 1. The number of aromatic hydroxyl groups is 1. The third kappa shape index (κ3) is 4.15. The fourth-order valence-corrected chi connectivity index (χ4v) is 2.45. The maximum absolute atomic E-state index is 13.4. The summed E-state index contributed by atoms with van der Waals surface area (Å²) in [6, 6.07) is 2.00. The molecular weight excluding hydrogens is 309 g/mol. The van der Waals surface area contributed by atoms with Crippen LogP contribution in [0, 0.1) is 0 Å². The van der Waals surface area contributed by atoms with Crippen LogP contribution >= 0.6 is 12.4 Å². The lowest BCUT2D eigenvalue weighted by Gasteiger charge is -2.36. The Morgan fingerprint density at radius 1 is 1.29 bits per heavy atom. The van der Waals surface area contributed by atoms with Gasteiger partial charge in [0.2, 0.25) is 0 Å². The van der Waals surface area contributed by atoms with Gasteiger partial charge in [-0.1, -0.05) is 0 Å². The van der Waals surface area contributed by atoms with Gasteiger partial charge in [0.15, 0.2) is 0 Å². The van der Waals surface area contributed by atoms with E-state index in [4.69, 9.17) is 4.74 Å². The third-order valence-electron chi connectivity index (χ3n) is 3.34. The van der Waals surface area contributed by atoms with Crippen LogP contribution in [-0.2, 0) is 0 Å². The number of methoxy groups -OCH3 is 1. The molecule has 1 saturated heterocycles. The Bertz CT molecular complexity index is 465. The van der Waals surface area contributed by atoms with Gasteiger partial charge in [0, 0.05) is 37.8 Å². The minimum absolute atomic E-state index is 0. The Labute approximate surface area is 127 Å². The van der Waals surface area contributed by atoms with Crippen molar-refractivity contribution in [3.8, 4) is 11.5 Å². The predicted octanol–water partition coefficient (Wildman–Crippen LogP) is 2.33. The summed E-state index contributed by atoms with van der Waals surface area (Å²) in [6.07, 6.45) is -4.40. The molecule has 0 aromatic heterocycles. The number of hydrogen-bond donors (Lipinski definition) is 2. The molecule has 0 radical (unpaired) electrons. The number of benzene rings is 1. The molecular formula is C13H18ClF3N2O2. The monoisotopic (exact) mass is 326 g/mol. The standard InChI is InChI=1S/C13H17F3N2O2.ClH/c1-20-11-8-9(19)2-3-10(11)12(13(14,15)16)18-6-4-17-5-7-18;/h2-3,8,12,17,19H,4-7H2,1H3;1H/t12-;/m0./s1. The fourth-order valence-electron chi connectivity index (χ4n) is 2.45. The number of alkyl halides is 3. The summed E-state index contributed by atoms with van der Waals surface area (Å²) in [4.78, 5) is 1.38. The van der Waals surface area contributed by atoms with Crippen LogP contribution < -0.4 is 10.1 Å². The molecule has 4 nitrogen and oxygen atoms in total. The van der Waals surface area contributed by atoms with Gasteiger partial charge in [-0.15, -0.1) is 12.4 Å². The van der Waals surface area contributed by atoms with E-state index in [1.807, 2.05) is 0 Å². The van der Waals surface area contributed by atoms with Crippen LogP contribution in [0.3, 0.4) is 0 Å². The second-order valence-electron chi connectivity index (χ2n) is 4.66. The first kappa shape index (κ1) is 17.9. The van der Waals surface area contributed by atoms with E-state index in [0.29, 0.717) is 26.2 Å². The second kappa shape index (κ2) is 7.20. The van der Waals surface area contributed by atoms with Gasteiger partial charge in [0.05, 0.1) is 7.11 Å². The largest absolute Gasteiger partial charge is 0.508 e. The lowest BCUT2D eigenvalue weighted by atomic mass is 10.0. The number of ether oxygens (including phenoxy) is 1. The summed E-state index contributed by atoms with van der Waals surface area (Å²) in [5.41, 5.74) is 0.0275. The number of halogens is 4. The highest BCUT2D eigenvalue weighted by Gasteiger charge is 2.46. The molecule has 1 heterocycles. The van der Waals surface area contributed by atoms with E-state index >= 15 is 0 Å². The van der Waals surface area contributed by atoms with Crippen LogP contribution in [0.4, 0.5) is 13.2 Å². The summed E-state index contributed by atoms with van der Waals surface area (Å²) < 4.78 is 45.3. The molecule has 1 aromatic rings. The van der Waals surface area contributed by atoms with Gasteiger partial charge in [-0.05, 0) is 12.1 Å². The van der Waals surface area contributed by atoms with Crippen LogP contribution in [0.5, 0.6) is 11.5 Å². The van der Waals surface area contributed by atoms with Crippen LogP contribution in [0.15, 0.2) is 18.2 Å². The van der Waals surface area contributed by atoms with Crippen LogP contribution in [0.1, 0.15) is 11.6 Å². The van der Waals surface area contributed by atoms with E-state index in [1.54, 1.807) is 0 Å². The van der Waals surface area contributed by atoms with Gasteiger partial charge in [0.1, 0.15) is 17.5 Å². The topological polar surface area (TPSA) is 44.7 Å². The van der Waals surface area contributed by atoms with E-state index in [-0.39, 0.29) is 29.5 Å². The van der Waals surface area contributed by atoms with E-state index in [9.17, 15) is 18.3 Å². The predicted molar refractivity (Wildman–Crippen MR) is 75.1 cm³/mol. The normalized spacial score (nSPS) is 17.9. The number of rotatable bonds is 3. The van der Waals surface area contributed by atoms with Crippen molar-refractivity contribution >= 4 is 12.4 Å². The highest BCUT2D eigenvalue weighted by atomic mass is 35.5. The molecule has 0 saturated carbocycles. The average Bonchev–Trinajstić information content (AvgIpc) is 2.40. The highest BCUT2D eigenvalue weighted by molar-refractivity contribution is 5.85. The Kier molecular flexibility index (Phi) is 6.12. The maximum atomic E-state index is 13.4. The van der Waals surface area contributed by atoms with E-state index in [0.717, 1.165) is 0 Å². The van der Waals surface area contributed by atoms with Crippen molar-refractivity contribution in [3.05, 3.63) is 23.8 Å². The zero-order valence-electron chi connectivity index (χ0n) is 11.5. The number of piperazine rings is 1. The summed E-state index contributed by atoms with van der Waals surface area (Å²) in [5, 5.41) is 12.4. The molecule has 2 rings (SSSR count). The van der Waals surface area contributed by atoms with Crippen molar-refractivity contribution in [1.29, 1.82) is 0 Å². The van der Waals surface area contributed by atoms with Crippen molar-refractivity contribution < 1.29 is 23.0 Å². The maximum Gasteiger partial charge on any atom is 0.408 e. The zero-order chi connectivity index (χ0) is 14.8. The van der Waals surface area contributed by atoms with Crippen molar-refractivity contribution in [2.45, 2.75) is 12.2 Å². The first-order chi connectivity index (χ1) is 9.43. The molecule has 1 aliphatic rings. The van der Waals surface area contributed by atoms with Crippen LogP contribution in [-0.4, -0.2) is 49.5 Å². The molecule has 120 valence electrons. The summed E-state index contributed by atoms with van der Waals surface area (Å²) in [6.45, 7) is 1.67. The fraction of sp³-hybridized carbons (Fsp3) is 0.538.